The van der Waals surface area contributed by atoms with Crippen LogP contribution in [-0.2, 0) is 0 Å². The highest BCUT2D eigenvalue weighted by Crippen LogP contribution is 2.44. The van der Waals surface area contributed by atoms with E-state index in [9.17, 15) is 0 Å². The second-order valence-corrected chi connectivity index (χ2v) is 6.45. The summed E-state index contributed by atoms with van der Waals surface area (Å²) in [6.07, 6.45) is 4.06. The van der Waals surface area contributed by atoms with E-state index in [1.807, 2.05) is 0 Å². The van der Waals surface area contributed by atoms with Crippen molar-refractivity contribution in [2.75, 3.05) is 23.7 Å². The average molecular weight is 298 g/mol. The van der Waals surface area contributed by atoms with Gasteiger partial charge in [-0.05, 0) is 18.9 Å². The molecule has 0 amide bonds. The molecule has 3 aliphatic rings. The first-order chi connectivity index (χ1) is 10.2. The lowest BCUT2D eigenvalue weighted by atomic mass is 9.86. The Morgan fingerprint density at radius 2 is 2.24 bits per heavy atom. The molecule has 1 saturated heterocycles. The lowest BCUT2D eigenvalue weighted by molar-refractivity contribution is 0.465. The molecule has 5 rings (SSSR count). The summed E-state index contributed by atoms with van der Waals surface area (Å²) in [5, 5.41) is 9.55. The van der Waals surface area contributed by atoms with Crippen molar-refractivity contribution in [3.05, 3.63) is 16.6 Å². The van der Waals surface area contributed by atoms with E-state index in [4.69, 9.17) is 21.7 Å². The Balaban J connectivity index is 1.95. The molecular weight excluding hydrogens is 284 g/mol. The molecule has 2 aromatic heterocycles. The van der Waals surface area contributed by atoms with Crippen molar-refractivity contribution in [3.8, 4) is 6.19 Å². The first-order valence-electron chi connectivity index (χ1n) is 6.89. The standard InChI is InChI=1S/C14H14N6S/c15-6-18-13(17)12-10(16)8-5-9-11(19-14(8)21-12)7-1-3-20(9)4-2-7/h5,7H,1-4,16H2,(H2,17,18). The van der Waals surface area contributed by atoms with Crippen molar-refractivity contribution >= 4 is 38.8 Å². The number of piperidine rings is 1. The Labute approximate surface area is 125 Å². The van der Waals surface area contributed by atoms with Gasteiger partial charge >= 0.3 is 0 Å². The van der Waals surface area contributed by atoms with Gasteiger partial charge in [-0.15, -0.1) is 11.3 Å². The fraction of sp³-hybridized carbons (Fsp3) is 0.357. The molecule has 2 bridgehead atoms. The third-order valence-corrected chi connectivity index (χ3v) is 5.49. The highest BCUT2D eigenvalue weighted by molar-refractivity contribution is 7.21. The summed E-state index contributed by atoms with van der Waals surface area (Å²) in [5.41, 5.74) is 15.0. The summed E-state index contributed by atoms with van der Waals surface area (Å²) in [7, 11) is 0. The van der Waals surface area contributed by atoms with Gasteiger partial charge in [-0.3, -0.25) is 0 Å². The van der Waals surface area contributed by atoms with Gasteiger partial charge in [-0.25, -0.2) is 4.98 Å². The molecule has 0 aliphatic carbocycles. The molecule has 21 heavy (non-hydrogen) atoms. The van der Waals surface area contributed by atoms with Crippen LogP contribution in [0.2, 0.25) is 0 Å². The highest BCUT2D eigenvalue weighted by Gasteiger charge is 2.33. The average Bonchev–Trinajstić information content (AvgIpc) is 2.84. The van der Waals surface area contributed by atoms with Gasteiger partial charge in [0.05, 0.1) is 21.9 Å². The molecule has 0 spiro atoms. The van der Waals surface area contributed by atoms with Crippen LogP contribution in [0.25, 0.3) is 10.2 Å². The number of rotatable bonds is 1. The zero-order valence-corrected chi connectivity index (χ0v) is 12.2. The number of aromatic nitrogens is 1. The molecule has 0 unspecified atom stereocenters. The lowest BCUT2D eigenvalue weighted by Crippen LogP contribution is -2.39. The maximum Gasteiger partial charge on any atom is 0.207 e. The molecule has 0 radical (unpaired) electrons. The van der Waals surface area contributed by atoms with Gasteiger partial charge in [0.1, 0.15) is 4.83 Å². The zero-order chi connectivity index (χ0) is 14.6. The van der Waals surface area contributed by atoms with E-state index in [1.54, 1.807) is 6.19 Å². The van der Waals surface area contributed by atoms with Gasteiger partial charge in [-0.1, -0.05) is 0 Å². The topological polar surface area (TPSA) is 104 Å². The molecular formula is C14H14N6S. The number of thiophene rings is 1. The molecule has 1 fully saturated rings. The number of pyridine rings is 1. The van der Waals surface area contributed by atoms with E-state index >= 15 is 0 Å². The number of nitriles is 1. The lowest BCUT2D eigenvalue weighted by Gasteiger charge is -2.41. The number of nitrogens with two attached hydrogens (primary N) is 2. The van der Waals surface area contributed by atoms with E-state index in [0.717, 1.165) is 23.3 Å². The SMILES string of the molecule is N#CN=C(N)c1sc2nc3c(cc2c1N)N1CCC3CC1. The zero-order valence-electron chi connectivity index (χ0n) is 11.3. The van der Waals surface area contributed by atoms with Crippen LogP contribution in [-0.4, -0.2) is 23.9 Å². The van der Waals surface area contributed by atoms with E-state index in [2.05, 4.69) is 16.0 Å². The minimum atomic E-state index is 0.166. The molecule has 0 atom stereocenters. The van der Waals surface area contributed by atoms with Gasteiger partial charge in [0.25, 0.3) is 0 Å². The number of hydrogen-bond donors (Lipinski definition) is 2. The number of fused-ring (bicyclic) bond motifs is 3. The summed E-state index contributed by atoms with van der Waals surface area (Å²) in [5.74, 6) is 0.727. The van der Waals surface area contributed by atoms with Crippen LogP contribution < -0.4 is 16.4 Å². The third kappa shape index (κ3) is 1.69. The fourth-order valence-corrected chi connectivity index (χ4v) is 4.27. The second kappa shape index (κ2) is 4.33. The fourth-order valence-electron chi connectivity index (χ4n) is 3.29. The minimum Gasteiger partial charge on any atom is -0.397 e. The first-order valence-corrected chi connectivity index (χ1v) is 7.71. The summed E-state index contributed by atoms with van der Waals surface area (Å²) in [6.45, 7) is 2.19. The van der Waals surface area contributed by atoms with E-state index in [1.165, 1.54) is 35.6 Å². The number of nitrogens with zero attached hydrogens (tertiary/aromatic N) is 4. The van der Waals surface area contributed by atoms with Gasteiger partial charge in [0.15, 0.2) is 5.84 Å². The quantitative estimate of drug-likeness (QED) is 0.474. The summed E-state index contributed by atoms with van der Waals surface area (Å²) in [6, 6.07) is 2.12. The predicted octanol–water partition coefficient (Wildman–Crippen LogP) is 1.76. The number of hydrogen-bond acceptors (Lipinski definition) is 6. The Morgan fingerprint density at radius 3 is 2.95 bits per heavy atom. The van der Waals surface area contributed by atoms with Crippen molar-refractivity contribution in [2.45, 2.75) is 18.8 Å². The van der Waals surface area contributed by atoms with Crippen LogP contribution in [0.15, 0.2) is 11.1 Å². The van der Waals surface area contributed by atoms with Crippen LogP contribution in [0.1, 0.15) is 29.3 Å². The van der Waals surface area contributed by atoms with Crippen molar-refractivity contribution in [1.29, 1.82) is 5.26 Å². The minimum absolute atomic E-state index is 0.166. The van der Waals surface area contributed by atoms with Crippen molar-refractivity contribution in [2.24, 2.45) is 10.7 Å². The Bertz CT molecular complexity index is 807. The third-order valence-electron chi connectivity index (χ3n) is 4.35. The van der Waals surface area contributed by atoms with Crippen molar-refractivity contribution in [1.82, 2.24) is 4.98 Å². The maximum atomic E-state index is 8.64. The van der Waals surface area contributed by atoms with Crippen LogP contribution in [0.4, 0.5) is 11.4 Å². The number of aliphatic imine (C=N–C) groups is 1. The molecule has 106 valence electrons. The van der Waals surface area contributed by atoms with Crippen LogP contribution in [0.5, 0.6) is 0 Å². The van der Waals surface area contributed by atoms with E-state index in [-0.39, 0.29) is 5.84 Å². The number of anilines is 2. The molecule has 4 N–H and O–H groups in total. The number of amidine groups is 1. The van der Waals surface area contributed by atoms with Gasteiger partial charge < -0.3 is 16.4 Å². The van der Waals surface area contributed by atoms with E-state index < -0.39 is 0 Å². The normalized spacial score (nSPS) is 18.0. The van der Waals surface area contributed by atoms with Crippen molar-refractivity contribution in [3.63, 3.8) is 0 Å². The molecule has 6 nitrogen and oxygen atoms in total. The predicted molar refractivity (Wildman–Crippen MR) is 84.6 cm³/mol. The summed E-state index contributed by atoms with van der Waals surface area (Å²) in [4.78, 5) is 12.3. The van der Waals surface area contributed by atoms with Gasteiger partial charge in [0.2, 0.25) is 6.19 Å². The van der Waals surface area contributed by atoms with Crippen LogP contribution in [0.3, 0.4) is 0 Å². The van der Waals surface area contributed by atoms with E-state index in [0.29, 0.717) is 16.5 Å². The Morgan fingerprint density at radius 1 is 1.48 bits per heavy atom. The maximum absolute atomic E-state index is 8.64. The largest absolute Gasteiger partial charge is 0.397 e. The molecule has 5 heterocycles. The molecule has 7 heteroatoms. The first kappa shape index (κ1) is 12.4. The monoisotopic (exact) mass is 298 g/mol. The molecule has 3 aliphatic heterocycles. The summed E-state index contributed by atoms with van der Waals surface area (Å²) >= 11 is 1.41. The second-order valence-electron chi connectivity index (χ2n) is 5.45. The van der Waals surface area contributed by atoms with Gasteiger partial charge in [-0.2, -0.15) is 10.3 Å². The molecule has 2 aromatic rings. The Kier molecular flexibility index (Phi) is 2.56. The molecule has 0 saturated carbocycles. The molecule has 0 aromatic carbocycles. The Hall–Kier alpha value is -2.33. The smallest absolute Gasteiger partial charge is 0.207 e. The number of nitrogen functional groups attached to an aromatic ring is 1. The van der Waals surface area contributed by atoms with Crippen LogP contribution >= 0.6 is 11.3 Å². The van der Waals surface area contributed by atoms with Crippen molar-refractivity contribution < 1.29 is 0 Å². The highest BCUT2D eigenvalue weighted by atomic mass is 32.1. The van der Waals surface area contributed by atoms with Crippen LogP contribution in [0, 0.1) is 11.5 Å². The van der Waals surface area contributed by atoms with Gasteiger partial charge in [0, 0.05) is 24.4 Å². The summed E-state index contributed by atoms with van der Waals surface area (Å²) < 4.78 is 0.